The van der Waals surface area contributed by atoms with Crippen LogP contribution in [0.4, 0.5) is 0 Å². The van der Waals surface area contributed by atoms with Crippen LogP contribution < -0.4 is 4.74 Å². The summed E-state index contributed by atoms with van der Waals surface area (Å²) in [5.41, 5.74) is 0. The summed E-state index contributed by atoms with van der Waals surface area (Å²) in [6.45, 7) is 1.94. The van der Waals surface area contributed by atoms with E-state index in [0.29, 0.717) is 5.88 Å². The Morgan fingerprint density at radius 2 is 2.00 bits per heavy atom. The van der Waals surface area contributed by atoms with Crippen molar-refractivity contribution in [3.05, 3.63) is 30.3 Å². The van der Waals surface area contributed by atoms with Crippen LogP contribution in [-0.2, 0) is 0 Å². The Bertz CT molecular complexity index is 198. The second kappa shape index (κ2) is 4.24. The summed E-state index contributed by atoms with van der Waals surface area (Å²) < 4.78 is 5.43. The number of halogens is 1. The summed E-state index contributed by atoms with van der Waals surface area (Å²) in [5.74, 6) is 1.40. The van der Waals surface area contributed by atoms with Gasteiger partial charge in [0.25, 0.3) is 0 Å². The highest BCUT2D eigenvalue weighted by atomic mass is 35.5. The number of rotatable bonds is 3. The highest BCUT2D eigenvalue weighted by Gasteiger charge is 1.99. The molecule has 0 unspecified atom stereocenters. The van der Waals surface area contributed by atoms with Gasteiger partial charge in [-0.1, -0.05) is 18.2 Å². The fourth-order valence-electron chi connectivity index (χ4n) is 0.763. The number of alkyl halides is 1. The smallest absolute Gasteiger partial charge is 0.119 e. The summed E-state index contributed by atoms with van der Waals surface area (Å²) in [7, 11) is 0. The van der Waals surface area contributed by atoms with Crippen molar-refractivity contribution in [3.8, 4) is 5.75 Å². The molecular formula is C9H11ClO. The van der Waals surface area contributed by atoms with Crippen LogP contribution in [0.25, 0.3) is 0 Å². The van der Waals surface area contributed by atoms with E-state index in [-0.39, 0.29) is 6.10 Å². The van der Waals surface area contributed by atoms with Crippen LogP contribution in [-0.4, -0.2) is 12.0 Å². The van der Waals surface area contributed by atoms with Crippen LogP contribution in [0.1, 0.15) is 6.92 Å². The van der Waals surface area contributed by atoms with Crippen LogP contribution in [0.2, 0.25) is 0 Å². The van der Waals surface area contributed by atoms with Gasteiger partial charge in [0, 0.05) is 0 Å². The molecule has 11 heavy (non-hydrogen) atoms. The van der Waals surface area contributed by atoms with Crippen LogP contribution >= 0.6 is 11.6 Å². The summed E-state index contributed by atoms with van der Waals surface area (Å²) >= 11 is 5.58. The highest BCUT2D eigenvalue weighted by molar-refractivity contribution is 6.18. The number of para-hydroxylation sites is 1. The molecule has 0 aliphatic rings. The Hall–Kier alpha value is -0.690. The lowest BCUT2D eigenvalue weighted by Gasteiger charge is -2.10. The zero-order valence-corrected chi connectivity index (χ0v) is 7.21. The van der Waals surface area contributed by atoms with Gasteiger partial charge in [0.2, 0.25) is 0 Å². The number of hydrogen-bond acceptors (Lipinski definition) is 1. The molecule has 0 spiro atoms. The second-order valence-corrected chi connectivity index (χ2v) is 2.70. The Labute approximate surface area is 71.9 Å². The van der Waals surface area contributed by atoms with Crippen molar-refractivity contribution in [2.24, 2.45) is 0 Å². The van der Waals surface area contributed by atoms with E-state index in [4.69, 9.17) is 16.3 Å². The predicted molar refractivity (Wildman–Crippen MR) is 47.3 cm³/mol. The molecule has 1 atom stereocenters. The minimum Gasteiger partial charge on any atom is -0.489 e. The summed E-state index contributed by atoms with van der Waals surface area (Å²) in [6.07, 6.45) is 0.0825. The van der Waals surface area contributed by atoms with Gasteiger partial charge in [-0.3, -0.25) is 0 Å². The lowest BCUT2D eigenvalue weighted by molar-refractivity contribution is 0.245. The molecule has 60 valence electrons. The average molecular weight is 171 g/mol. The van der Waals surface area contributed by atoms with Gasteiger partial charge in [-0.05, 0) is 19.1 Å². The molecule has 0 radical (unpaired) electrons. The zero-order chi connectivity index (χ0) is 8.10. The third-order valence-electron chi connectivity index (χ3n) is 1.30. The van der Waals surface area contributed by atoms with Gasteiger partial charge >= 0.3 is 0 Å². The van der Waals surface area contributed by atoms with Crippen LogP contribution in [0.5, 0.6) is 5.75 Å². The molecule has 0 bridgehead atoms. The van der Waals surface area contributed by atoms with Crippen LogP contribution in [0, 0.1) is 0 Å². The molecule has 0 amide bonds. The monoisotopic (exact) mass is 170 g/mol. The molecule has 0 N–H and O–H groups in total. The summed E-state index contributed by atoms with van der Waals surface area (Å²) in [6, 6.07) is 9.68. The standard InChI is InChI=1S/C9H11ClO/c1-8(7-10)11-9-5-3-2-4-6-9/h2-6,8H,7H2,1H3/t8-/m1/s1. The molecule has 1 rings (SSSR count). The van der Waals surface area contributed by atoms with Gasteiger partial charge in [-0.2, -0.15) is 0 Å². The molecule has 0 saturated heterocycles. The van der Waals surface area contributed by atoms with E-state index in [2.05, 4.69) is 0 Å². The van der Waals surface area contributed by atoms with Crippen molar-refractivity contribution < 1.29 is 4.74 Å². The van der Waals surface area contributed by atoms with Crippen LogP contribution in [0.15, 0.2) is 30.3 Å². The summed E-state index contributed by atoms with van der Waals surface area (Å²) in [5, 5.41) is 0. The topological polar surface area (TPSA) is 9.23 Å². The molecule has 1 nitrogen and oxygen atoms in total. The van der Waals surface area contributed by atoms with Gasteiger partial charge in [0.15, 0.2) is 0 Å². The fraction of sp³-hybridized carbons (Fsp3) is 0.333. The van der Waals surface area contributed by atoms with Crippen molar-refractivity contribution >= 4 is 11.6 Å². The minimum atomic E-state index is 0.0825. The third-order valence-corrected chi connectivity index (χ3v) is 1.73. The molecule has 1 aromatic rings. The molecule has 0 aromatic heterocycles. The first-order valence-corrected chi connectivity index (χ1v) is 4.14. The van der Waals surface area contributed by atoms with E-state index in [9.17, 15) is 0 Å². The SMILES string of the molecule is C[C@H](CCl)Oc1ccccc1. The Balaban J connectivity index is 2.51. The molecule has 0 heterocycles. The van der Waals surface area contributed by atoms with E-state index >= 15 is 0 Å². The van der Waals surface area contributed by atoms with Gasteiger partial charge < -0.3 is 4.74 Å². The first-order valence-electron chi connectivity index (χ1n) is 3.60. The van der Waals surface area contributed by atoms with Gasteiger partial charge in [0.1, 0.15) is 11.9 Å². The third kappa shape index (κ3) is 2.81. The quantitative estimate of drug-likeness (QED) is 0.634. The maximum absolute atomic E-state index is 5.58. The van der Waals surface area contributed by atoms with Gasteiger partial charge in [0.05, 0.1) is 5.88 Å². The van der Waals surface area contributed by atoms with Crippen LogP contribution in [0.3, 0.4) is 0 Å². The molecule has 0 aliphatic carbocycles. The first-order chi connectivity index (χ1) is 5.33. The maximum atomic E-state index is 5.58. The van der Waals surface area contributed by atoms with Crippen molar-refractivity contribution in [2.75, 3.05) is 5.88 Å². The van der Waals surface area contributed by atoms with E-state index < -0.39 is 0 Å². The molecule has 0 fully saturated rings. The van der Waals surface area contributed by atoms with Crippen molar-refractivity contribution in [1.82, 2.24) is 0 Å². The van der Waals surface area contributed by atoms with Crippen molar-refractivity contribution in [3.63, 3.8) is 0 Å². The van der Waals surface area contributed by atoms with Gasteiger partial charge in [-0.25, -0.2) is 0 Å². The number of hydrogen-bond donors (Lipinski definition) is 0. The Kier molecular flexibility index (Phi) is 3.24. The first kappa shape index (κ1) is 8.41. The number of benzene rings is 1. The predicted octanol–water partition coefficient (Wildman–Crippen LogP) is 2.69. The van der Waals surface area contributed by atoms with E-state index in [1.54, 1.807) is 0 Å². The minimum absolute atomic E-state index is 0.0825. The maximum Gasteiger partial charge on any atom is 0.119 e. The lowest BCUT2D eigenvalue weighted by Crippen LogP contribution is -2.12. The fourth-order valence-corrected chi connectivity index (χ4v) is 0.826. The largest absolute Gasteiger partial charge is 0.489 e. The van der Waals surface area contributed by atoms with E-state index in [1.807, 2.05) is 37.3 Å². The lowest BCUT2D eigenvalue weighted by atomic mass is 10.3. The molecular weight excluding hydrogens is 160 g/mol. The molecule has 1 aromatic carbocycles. The normalized spacial score (nSPS) is 12.5. The Morgan fingerprint density at radius 1 is 1.36 bits per heavy atom. The number of ether oxygens (including phenoxy) is 1. The molecule has 2 heteroatoms. The average Bonchev–Trinajstić information content (AvgIpc) is 2.06. The van der Waals surface area contributed by atoms with E-state index in [0.717, 1.165) is 5.75 Å². The molecule has 0 saturated carbocycles. The zero-order valence-electron chi connectivity index (χ0n) is 6.46. The highest BCUT2D eigenvalue weighted by Crippen LogP contribution is 2.10. The molecule has 0 aliphatic heterocycles. The van der Waals surface area contributed by atoms with Crippen molar-refractivity contribution in [1.29, 1.82) is 0 Å². The summed E-state index contributed by atoms with van der Waals surface area (Å²) in [4.78, 5) is 0. The van der Waals surface area contributed by atoms with Gasteiger partial charge in [-0.15, -0.1) is 11.6 Å². The second-order valence-electron chi connectivity index (χ2n) is 2.40. The Morgan fingerprint density at radius 3 is 2.55 bits per heavy atom. The van der Waals surface area contributed by atoms with E-state index in [1.165, 1.54) is 0 Å². The van der Waals surface area contributed by atoms with Crippen molar-refractivity contribution in [2.45, 2.75) is 13.0 Å².